The minimum absolute atomic E-state index is 0.282. The van der Waals surface area contributed by atoms with Crippen LogP contribution in [-0.4, -0.2) is 23.3 Å². The van der Waals surface area contributed by atoms with Gasteiger partial charge >= 0.3 is 5.97 Å². The lowest BCUT2D eigenvalue weighted by atomic mass is 10.1. The SMILES string of the molecule is COC(=O)c1cc(-c2cccc(C#N)c2)n[nH]1. The van der Waals surface area contributed by atoms with Gasteiger partial charge in [-0.1, -0.05) is 12.1 Å². The molecule has 0 aliphatic rings. The van der Waals surface area contributed by atoms with E-state index in [1.165, 1.54) is 7.11 Å². The van der Waals surface area contributed by atoms with Crippen LogP contribution in [0.1, 0.15) is 16.1 Å². The Hall–Kier alpha value is -2.61. The van der Waals surface area contributed by atoms with Crippen molar-refractivity contribution < 1.29 is 9.53 Å². The fourth-order valence-electron chi connectivity index (χ4n) is 1.43. The molecule has 0 fully saturated rings. The van der Waals surface area contributed by atoms with Crippen molar-refractivity contribution in [2.75, 3.05) is 7.11 Å². The summed E-state index contributed by atoms with van der Waals surface area (Å²) in [5, 5.41) is 15.4. The maximum atomic E-state index is 11.2. The Morgan fingerprint density at radius 1 is 1.47 bits per heavy atom. The van der Waals surface area contributed by atoms with Crippen molar-refractivity contribution in [3.8, 4) is 17.3 Å². The van der Waals surface area contributed by atoms with Crippen molar-refractivity contribution in [3.05, 3.63) is 41.6 Å². The number of rotatable bonds is 2. The molecule has 0 radical (unpaired) electrons. The Labute approximate surface area is 97.6 Å². The third-order valence-corrected chi connectivity index (χ3v) is 2.27. The second kappa shape index (κ2) is 4.49. The molecule has 0 amide bonds. The van der Waals surface area contributed by atoms with Gasteiger partial charge in [0.05, 0.1) is 24.4 Å². The third-order valence-electron chi connectivity index (χ3n) is 2.27. The second-order valence-corrected chi connectivity index (χ2v) is 3.35. The van der Waals surface area contributed by atoms with Crippen LogP contribution in [0, 0.1) is 11.3 Å². The van der Waals surface area contributed by atoms with Gasteiger partial charge in [-0.25, -0.2) is 4.79 Å². The van der Waals surface area contributed by atoms with E-state index in [1.54, 1.807) is 24.3 Å². The van der Waals surface area contributed by atoms with Gasteiger partial charge in [0.2, 0.25) is 0 Å². The lowest BCUT2D eigenvalue weighted by Gasteiger charge is -1.95. The molecule has 1 aromatic heterocycles. The van der Waals surface area contributed by atoms with Crippen LogP contribution in [0.3, 0.4) is 0 Å². The summed E-state index contributed by atoms with van der Waals surface area (Å²) in [6, 6.07) is 10.6. The molecule has 5 nitrogen and oxygen atoms in total. The normalized spacial score (nSPS) is 9.65. The molecule has 0 atom stereocenters. The molecule has 2 aromatic rings. The molecule has 0 saturated heterocycles. The van der Waals surface area contributed by atoms with Gasteiger partial charge in [-0.2, -0.15) is 10.4 Å². The van der Waals surface area contributed by atoms with Crippen molar-refractivity contribution in [1.82, 2.24) is 10.2 Å². The highest BCUT2D eigenvalue weighted by Gasteiger charge is 2.10. The van der Waals surface area contributed by atoms with Gasteiger partial charge in [0.15, 0.2) is 0 Å². The number of nitrogens with zero attached hydrogens (tertiary/aromatic N) is 2. The van der Waals surface area contributed by atoms with E-state index < -0.39 is 5.97 Å². The molecule has 0 aliphatic carbocycles. The second-order valence-electron chi connectivity index (χ2n) is 3.35. The predicted molar refractivity (Wildman–Crippen MR) is 60.1 cm³/mol. The summed E-state index contributed by atoms with van der Waals surface area (Å²) >= 11 is 0. The Balaban J connectivity index is 2.37. The fourth-order valence-corrected chi connectivity index (χ4v) is 1.43. The van der Waals surface area contributed by atoms with Crippen LogP contribution in [0.4, 0.5) is 0 Å². The maximum absolute atomic E-state index is 11.2. The number of esters is 1. The number of H-pyrrole nitrogens is 1. The minimum atomic E-state index is -0.472. The lowest BCUT2D eigenvalue weighted by molar-refractivity contribution is 0.0594. The van der Waals surface area contributed by atoms with Crippen LogP contribution >= 0.6 is 0 Å². The van der Waals surface area contributed by atoms with Crippen molar-refractivity contribution in [2.24, 2.45) is 0 Å². The molecule has 0 saturated carbocycles. The van der Waals surface area contributed by atoms with E-state index in [0.29, 0.717) is 11.3 Å². The van der Waals surface area contributed by atoms with E-state index in [9.17, 15) is 4.79 Å². The topological polar surface area (TPSA) is 78.8 Å². The molecular weight excluding hydrogens is 218 g/mol. The van der Waals surface area contributed by atoms with E-state index in [1.807, 2.05) is 12.1 Å². The Morgan fingerprint density at radius 2 is 2.29 bits per heavy atom. The molecule has 17 heavy (non-hydrogen) atoms. The summed E-state index contributed by atoms with van der Waals surface area (Å²) in [5.41, 5.74) is 2.20. The first-order valence-electron chi connectivity index (χ1n) is 4.89. The lowest BCUT2D eigenvalue weighted by Crippen LogP contribution is -2.00. The zero-order valence-corrected chi connectivity index (χ0v) is 9.10. The molecule has 0 bridgehead atoms. The van der Waals surface area contributed by atoms with Gasteiger partial charge in [0.25, 0.3) is 0 Å². The van der Waals surface area contributed by atoms with Gasteiger partial charge in [0.1, 0.15) is 5.69 Å². The van der Waals surface area contributed by atoms with Crippen LogP contribution < -0.4 is 0 Å². The molecule has 84 valence electrons. The smallest absolute Gasteiger partial charge is 0.356 e. The average molecular weight is 227 g/mol. The van der Waals surface area contributed by atoms with Crippen LogP contribution in [0.25, 0.3) is 11.3 Å². The van der Waals surface area contributed by atoms with Crippen LogP contribution in [0.5, 0.6) is 0 Å². The summed E-state index contributed by atoms with van der Waals surface area (Å²) < 4.78 is 4.57. The van der Waals surface area contributed by atoms with Crippen LogP contribution in [0.15, 0.2) is 30.3 Å². The molecule has 0 unspecified atom stereocenters. The molecule has 1 aromatic carbocycles. The van der Waals surface area contributed by atoms with Gasteiger partial charge in [-0.05, 0) is 18.2 Å². The third kappa shape index (κ3) is 2.16. The quantitative estimate of drug-likeness (QED) is 0.792. The molecule has 5 heteroatoms. The number of benzene rings is 1. The zero-order valence-electron chi connectivity index (χ0n) is 9.10. The Bertz CT molecular complexity index is 596. The molecule has 1 heterocycles. The number of hydrogen-bond donors (Lipinski definition) is 1. The highest BCUT2D eigenvalue weighted by molar-refractivity contribution is 5.88. The molecule has 0 aliphatic heterocycles. The van der Waals surface area contributed by atoms with E-state index in [-0.39, 0.29) is 5.69 Å². The van der Waals surface area contributed by atoms with Gasteiger partial charge in [-0.15, -0.1) is 0 Å². The maximum Gasteiger partial charge on any atom is 0.356 e. The number of aromatic amines is 1. The highest BCUT2D eigenvalue weighted by Crippen LogP contribution is 2.18. The number of hydrogen-bond acceptors (Lipinski definition) is 4. The number of carbonyl (C=O) groups excluding carboxylic acids is 1. The number of nitriles is 1. The van der Waals surface area contributed by atoms with E-state index in [2.05, 4.69) is 14.9 Å². The standard InChI is InChI=1S/C12H9N3O2/c1-17-12(16)11-6-10(14-15-11)9-4-2-3-8(5-9)7-13/h2-6H,1H3,(H,14,15). The Kier molecular flexibility index (Phi) is 2.88. The molecule has 2 rings (SSSR count). The van der Waals surface area contributed by atoms with E-state index in [4.69, 9.17) is 5.26 Å². The minimum Gasteiger partial charge on any atom is -0.464 e. The first-order chi connectivity index (χ1) is 8.24. The summed E-state index contributed by atoms with van der Waals surface area (Å²) in [4.78, 5) is 11.2. The van der Waals surface area contributed by atoms with Gasteiger partial charge in [-0.3, -0.25) is 5.10 Å². The summed E-state index contributed by atoms with van der Waals surface area (Å²) in [6.45, 7) is 0. The number of nitrogens with one attached hydrogen (secondary N) is 1. The highest BCUT2D eigenvalue weighted by atomic mass is 16.5. The molecular formula is C12H9N3O2. The van der Waals surface area contributed by atoms with Gasteiger partial charge < -0.3 is 4.74 Å². The van der Waals surface area contributed by atoms with E-state index >= 15 is 0 Å². The summed E-state index contributed by atoms with van der Waals surface area (Å²) in [7, 11) is 1.30. The molecule has 1 N–H and O–H groups in total. The average Bonchev–Trinajstić information content (AvgIpc) is 2.87. The van der Waals surface area contributed by atoms with Crippen molar-refractivity contribution in [3.63, 3.8) is 0 Å². The van der Waals surface area contributed by atoms with Crippen molar-refractivity contribution in [2.45, 2.75) is 0 Å². The zero-order chi connectivity index (χ0) is 12.3. The van der Waals surface area contributed by atoms with Crippen molar-refractivity contribution in [1.29, 1.82) is 5.26 Å². The predicted octanol–water partition coefficient (Wildman–Crippen LogP) is 1.73. The summed E-state index contributed by atoms with van der Waals surface area (Å²) in [5.74, 6) is -0.472. The summed E-state index contributed by atoms with van der Waals surface area (Å²) in [6.07, 6.45) is 0. The number of ether oxygens (including phenoxy) is 1. The fraction of sp³-hybridized carbons (Fsp3) is 0.0833. The van der Waals surface area contributed by atoms with Crippen LogP contribution in [-0.2, 0) is 4.74 Å². The molecule has 0 spiro atoms. The number of aromatic nitrogens is 2. The largest absolute Gasteiger partial charge is 0.464 e. The number of carbonyl (C=O) groups is 1. The van der Waals surface area contributed by atoms with Crippen LogP contribution in [0.2, 0.25) is 0 Å². The Morgan fingerprint density at radius 3 is 3.00 bits per heavy atom. The van der Waals surface area contributed by atoms with Crippen molar-refractivity contribution >= 4 is 5.97 Å². The van der Waals surface area contributed by atoms with E-state index in [0.717, 1.165) is 5.56 Å². The van der Waals surface area contributed by atoms with Gasteiger partial charge in [0, 0.05) is 5.56 Å². The first-order valence-corrected chi connectivity index (χ1v) is 4.89. The number of methoxy groups -OCH3 is 1. The monoisotopic (exact) mass is 227 g/mol. The first kappa shape index (κ1) is 10.9.